The van der Waals surface area contributed by atoms with Crippen molar-refractivity contribution < 1.29 is 38.1 Å². The number of carbonyl (C=O) groups is 4. The molecule has 0 amide bonds. The predicted molar refractivity (Wildman–Crippen MR) is 104 cm³/mol. The van der Waals surface area contributed by atoms with Crippen LogP contribution in [0.2, 0.25) is 0 Å². The fourth-order valence-electron chi connectivity index (χ4n) is 2.66. The lowest BCUT2D eigenvalue weighted by atomic mass is 9.98. The van der Waals surface area contributed by atoms with Gasteiger partial charge in [-0.3, -0.25) is 14.4 Å². The van der Waals surface area contributed by atoms with Gasteiger partial charge in [0.25, 0.3) is 0 Å². The predicted octanol–water partition coefficient (Wildman–Crippen LogP) is 2.54. The minimum atomic E-state index is -1.94. The van der Waals surface area contributed by atoms with Gasteiger partial charge in [-0.25, -0.2) is 4.79 Å². The normalized spacial score (nSPS) is 17.0. The van der Waals surface area contributed by atoms with Crippen LogP contribution in [0, 0.1) is 0 Å². The molecule has 0 aromatic heterocycles. The molecular weight excluding hydrogens is 392 g/mol. The highest BCUT2D eigenvalue weighted by molar-refractivity contribution is 5.82. The maximum absolute atomic E-state index is 12.0. The summed E-state index contributed by atoms with van der Waals surface area (Å²) in [6, 6.07) is 9.19. The molecule has 30 heavy (non-hydrogen) atoms. The minimum Gasteiger partial charge on any atom is -0.458 e. The average Bonchev–Trinajstić information content (AvgIpc) is 2.66. The minimum absolute atomic E-state index is 0.122. The molecular formula is C22H22O8. The first-order valence-corrected chi connectivity index (χ1v) is 9.06. The van der Waals surface area contributed by atoms with Crippen LogP contribution in [0.4, 0.5) is 0 Å². The van der Waals surface area contributed by atoms with E-state index in [0.29, 0.717) is 5.57 Å². The summed E-state index contributed by atoms with van der Waals surface area (Å²) in [6.45, 7) is 3.55. The summed E-state index contributed by atoms with van der Waals surface area (Å²) in [6.07, 6.45) is 5.53. The van der Waals surface area contributed by atoms with Crippen molar-refractivity contribution in [2.24, 2.45) is 0 Å². The zero-order valence-corrected chi connectivity index (χ0v) is 16.8. The van der Waals surface area contributed by atoms with Crippen LogP contribution in [0.5, 0.6) is 0 Å². The molecule has 1 atom stereocenters. The summed E-state index contributed by atoms with van der Waals surface area (Å²) in [5.41, 5.74) is 1.30. The topological polar surface area (TPSA) is 105 Å². The Morgan fingerprint density at radius 2 is 1.60 bits per heavy atom. The second-order valence-corrected chi connectivity index (χ2v) is 6.37. The van der Waals surface area contributed by atoms with Gasteiger partial charge in [-0.1, -0.05) is 36.4 Å². The highest BCUT2D eigenvalue weighted by Gasteiger charge is 2.46. The van der Waals surface area contributed by atoms with E-state index in [0.717, 1.165) is 26.3 Å². The molecule has 0 saturated carbocycles. The van der Waals surface area contributed by atoms with Gasteiger partial charge in [0.05, 0.1) is 0 Å². The Balaban J connectivity index is 2.15. The summed E-state index contributed by atoms with van der Waals surface area (Å²) >= 11 is 0. The van der Waals surface area contributed by atoms with Crippen molar-refractivity contribution in [3.8, 4) is 0 Å². The van der Waals surface area contributed by atoms with Crippen molar-refractivity contribution in [2.45, 2.75) is 39.3 Å². The van der Waals surface area contributed by atoms with Gasteiger partial charge in [0.1, 0.15) is 6.61 Å². The van der Waals surface area contributed by atoms with Gasteiger partial charge in [0, 0.05) is 32.9 Å². The van der Waals surface area contributed by atoms with E-state index < -0.39 is 35.8 Å². The molecule has 0 fully saturated rings. The molecule has 0 N–H and O–H groups in total. The maximum Gasteiger partial charge on any atom is 0.331 e. The average molecular weight is 414 g/mol. The molecule has 0 saturated heterocycles. The Morgan fingerprint density at radius 1 is 0.967 bits per heavy atom. The molecule has 0 heterocycles. The van der Waals surface area contributed by atoms with Crippen molar-refractivity contribution in [3.05, 3.63) is 71.8 Å². The largest absolute Gasteiger partial charge is 0.458 e. The first kappa shape index (κ1) is 22.6. The lowest BCUT2D eigenvalue weighted by molar-refractivity contribution is -0.236. The number of benzene rings is 1. The zero-order valence-electron chi connectivity index (χ0n) is 16.8. The summed E-state index contributed by atoms with van der Waals surface area (Å²) in [7, 11) is 0. The Kier molecular flexibility index (Phi) is 7.69. The Morgan fingerprint density at radius 3 is 2.17 bits per heavy atom. The molecule has 1 aliphatic carbocycles. The number of ether oxygens (including phenoxy) is 4. The Hall–Kier alpha value is -3.68. The highest BCUT2D eigenvalue weighted by Crippen LogP contribution is 2.30. The van der Waals surface area contributed by atoms with Crippen LogP contribution in [-0.4, -0.2) is 35.8 Å². The van der Waals surface area contributed by atoms with Crippen molar-refractivity contribution in [1.82, 2.24) is 0 Å². The monoisotopic (exact) mass is 414 g/mol. The summed E-state index contributed by atoms with van der Waals surface area (Å²) in [5, 5.41) is 0. The number of rotatable bonds is 7. The highest BCUT2D eigenvalue weighted by atomic mass is 16.8. The third-order valence-electron chi connectivity index (χ3n) is 3.78. The molecule has 1 aliphatic rings. The SMILES string of the molecule is CC(=O)OC1C=C(/C=C\C(=O)OCc2ccccc2)C=CC1(OC(C)=O)OC(C)=O. The van der Waals surface area contributed by atoms with Crippen molar-refractivity contribution in [1.29, 1.82) is 0 Å². The van der Waals surface area contributed by atoms with Crippen LogP contribution in [0.3, 0.4) is 0 Å². The molecule has 1 unspecified atom stereocenters. The van der Waals surface area contributed by atoms with Gasteiger partial charge < -0.3 is 18.9 Å². The third-order valence-corrected chi connectivity index (χ3v) is 3.78. The van der Waals surface area contributed by atoms with E-state index in [4.69, 9.17) is 18.9 Å². The number of allylic oxidation sites excluding steroid dienone is 3. The summed E-state index contributed by atoms with van der Waals surface area (Å²) in [4.78, 5) is 46.5. The number of hydrogen-bond acceptors (Lipinski definition) is 8. The molecule has 0 aliphatic heterocycles. The molecule has 8 heteroatoms. The molecule has 1 aromatic rings. The lowest BCUT2D eigenvalue weighted by Gasteiger charge is -2.36. The smallest absolute Gasteiger partial charge is 0.331 e. The molecule has 158 valence electrons. The van der Waals surface area contributed by atoms with Gasteiger partial charge in [-0.05, 0) is 23.3 Å². The fourth-order valence-corrected chi connectivity index (χ4v) is 2.66. The zero-order chi connectivity index (χ0) is 22.1. The number of carbonyl (C=O) groups excluding carboxylic acids is 4. The van der Waals surface area contributed by atoms with E-state index in [1.165, 1.54) is 30.4 Å². The Bertz CT molecular complexity index is 879. The second-order valence-electron chi connectivity index (χ2n) is 6.37. The number of hydrogen-bond donors (Lipinski definition) is 0. The van der Waals surface area contributed by atoms with E-state index >= 15 is 0 Å². The van der Waals surface area contributed by atoms with Crippen LogP contribution in [0.25, 0.3) is 0 Å². The molecule has 0 radical (unpaired) electrons. The quantitative estimate of drug-likeness (QED) is 0.290. The van der Waals surface area contributed by atoms with Gasteiger partial charge >= 0.3 is 29.7 Å². The van der Waals surface area contributed by atoms with Crippen molar-refractivity contribution >= 4 is 23.9 Å². The summed E-state index contributed by atoms with van der Waals surface area (Å²) in [5.74, 6) is -4.67. The van der Waals surface area contributed by atoms with Gasteiger partial charge in [-0.15, -0.1) is 0 Å². The fraction of sp³-hybridized carbons (Fsp3) is 0.273. The number of esters is 4. The first-order valence-electron chi connectivity index (χ1n) is 9.06. The maximum atomic E-state index is 12.0. The van der Waals surface area contributed by atoms with Crippen LogP contribution < -0.4 is 0 Å². The van der Waals surface area contributed by atoms with E-state index in [1.807, 2.05) is 30.3 Å². The van der Waals surface area contributed by atoms with E-state index in [9.17, 15) is 19.2 Å². The van der Waals surface area contributed by atoms with Gasteiger partial charge in [-0.2, -0.15) is 0 Å². The van der Waals surface area contributed by atoms with Crippen LogP contribution >= 0.6 is 0 Å². The Labute approximate surface area is 173 Å². The van der Waals surface area contributed by atoms with E-state index in [2.05, 4.69) is 0 Å². The van der Waals surface area contributed by atoms with Gasteiger partial charge in [0.2, 0.25) is 6.10 Å². The third kappa shape index (κ3) is 6.73. The van der Waals surface area contributed by atoms with E-state index in [-0.39, 0.29) is 6.61 Å². The van der Waals surface area contributed by atoms with Gasteiger partial charge in [0.15, 0.2) is 0 Å². The summed E-state index contributed by atoms with van der Waals surface area (Å²) < 4.78 is 20.7. The molecule has 8 nitrogen and oxygen atoms in total. The molecule has 2 rings (SSSR count). The molecule has 0 bridgehead atoms. The van der Waals surface area contributed by atoms with Crippen LogP contribution in [0.15, 0.2) is 66.3 Å². The second kappa shape index (κ2) is 10.2. The standard InChI is InChI=1S/C22H22O8/c1-15(23)28-20-13-18(11-12-22(20,29-16(2)24)30-17(3)25)9-10-21(26)27-14-19-7-5-4-6-8-19/h4-13,20H,14H2,1-3H3/b10-9-. The van der Waals surface area contributed by atoms with Crippen molar-refractivity contribution in [3.63, 3.8) is 0 Å². The van der Waals surface area contributed by atoms with Crippen LogP contribution in [-0.2, 0) is 44.7 Å². The van der Waals surface area contributed by atoms with Crippen LogP contribution in [0.1, 0.15) is 26.3 Å². The molecule has 0 spiro atoms. The van der Waals surface area contributed by atoms with Crippen molar-refractivity contribution in [2.75, 3.05) is 0 Å². The lowest BCUT2D eigenvalue weighted by Crippen LogP contribution is -2.50. The van der Waals surface area contributed by atoms with E-state index in [1.54, 1.807) is 0 Å². The first-order chi connectivity index (χ1) is 14.2. The molecule has 1 aromatic carbocycles.